The summed E-state index contributed by atoms with van der Waals surface area (Å²) in [6, 6.07) is 9.10. The van der Waals surface area contributed by atoms with Crippen molar-refractivity contribution in [2.45, 2.75) is 6.42 Å². The normalized spacial score (nSPS) is 11.0. The van der Waals surface area contributed by atoms with Crippen molar-refractivity contribution in [1.82, 2.24) is 20.3 Å². The van der Waals surface area contributed by atoms with Gasteiger partial charge in [-0.1, -0.05) is 23.7 Å². The van der Waals surface area contributed by atoms with Crippen molar-refractivity contribution in [3.8, 4) is 11.5 Å². The van der Waals surface area contributed by atoms with Crippen LogP contribution in [-0.4, -0.2) is 27.4 Å². The van der Waals surface area contributed by atoms with Crippen LogP contribution in [0, 0.1) is 0 Å². The molecule has 6 nitrogen and oxygen atoms in total. The summed E-state index contributed by atoms with van der Waals surface area (Å²) in [4.78, 5) is 24.1. The van der Waals surface area contributed by atoms with Crippen LogP contribution in [0.1, 0.15) is 15.9 Å². The van der Waals surface area contributed by atoms with E-state index < -0.39 is 0 Å². The molecule has 0 fully saturated rings. The molecule has 1 aromatic carbocycles. The molecule has 4 aromatic rings. The highest BCUT2D eigenvalue weighted by Crippen LogP contribution is 2.22. The van der Waals surface area contributed by atoms with Crippen LogP contribution in [0.15, 0.2) is 59.6 Å². The van der Waals surface area contributed by atoms with Gasteiger partial charge in [0.1, 0.15) is 11.9 Å². The van der Waals surface area contributed by atoms with Crippen molar-refractivity contribution < 1.29 is 9.21 Å². The number of oxazole rings is 1. The average molecular weight is 367 g/mol. The van der Waals surface area contributed by atoms with E-state index in [0.29, 0.717) is 35.0 Å². The highest BCUT2D eigenvalue weighted by Gasteiger charge is 2.15. The molecule has 1 amide bonds. The molecule has 0 bridgehead atoms. The van der Waals surface area contributed by atoms with Gasteiger partial charge in [-0.15, -0.1) is 0 Å². The molecule has 2 N–H and O–H groups in total. The highest BCUT2D eigenvalue weighted by molar-refractivity contribution is 6.31. The van der Waals surface area contributed by atoms with E-state index in [1.807, 2.05) is 30.5 Å². The lowest BCUT2D eigenvalue weighted by Gasteiger charge is -2.08. The number of halogens is 1. The zero-order valence-corrected chi connectivity index (χ0v) is 14.5. The molecule has 0 radical (unpaired) electrons. The highest BCUT2D eigenvalue weighted by atomic mass is 35.5. The van der Waals surface area contributed by atoms with Crippen molar-refractivity contribution in [3.05, 3.63) is 71.3 Å². The number of amides is 1. The second-order valence-corrected chi connectivity index (χ2v) is 6.19. The van der Waals surface area contributed by atoms with Gasteiger partial charge >= 0.3 is 0 Å². The van der Waals surface area contributed by atoms with Gasteiger partial charge in [-0.2, -0.15) is 0 Å². The molecule has 0 aliphatic heterocycles. The van der Waals surface area contributed by atoms with Crippen molar-refractivity contribution in [3.63, 3.8) is 0 Å². The first-order valence-corrected chi connectivity index (χ1v) is 8.49. The Kier molecular flexibility index (Phi) is 4.41. The molecule has 3 heterocycles. The smallest absolute Gasteiger partial charge is 0.252 e. The molecule has 0 saturated heterocycles. The predicted octanol–water partition coefficient (Wildman–Crippen LogP) is 3.84. The number of carbonyl (C=O) groups is 1. The molecular weight excluding hydrogens is 352 g/mol. The second kappa shape index (κ2) is 7.01. The predicted molar refractivity (Wildman–Crippen MR) is 99.1 cm³/mol. The van der Waals surface area contributed by atoms with Crippen LogP contribution in [0.3, 0.4) is 0 Å². The Morgan fingerprint density at radius 3 is 3.00 bits per heavy atom. The van der Waals surface area contributed by atoms with Gasteiger partial charge in [0.05, 0.1) is 16.8 Å². The fourth-order valence-electron chi connectivity index (χ4n) is 2.87. The summed E-state index contributed by atoms with van der Waals surface area (Å²) in [5, 5.41) is 4.49. The second-order valence-electron chi connectivity index (χ2n) is 5.75. The number of carbonyl (C=O) groups excluding carboxylic acids is 1. The van der Waals surface area contributed by atoms with Gasteiger partial charge in [0, 0.05) is 29.9 Å². The third kappa shape index (κ3) is 3.19. The fraction of sp³-hybridized carbons (Fsp3) is 0.105. The van der Waals surface area contributed by atoms with E-state index in [-0.39, 0.29) is 5.91 Å². The lowest BCUT2D eigenvalue weighted by molar-refractivity contribution is 0.0954. The third-order valence-corrected chi connectivity index (χ3v) is 4.30. The van der Waals surface area contributed by atoms with Crippen LogP contribution in [0.5, 0.6) is 0 Å². The number of benzene rings is 1. The molecule has 130 valence electrons. The van der Waals surface area contributed by atoms with Crippen LogP contribution in [0.2, 0.25) is 5.02 Å². The van der Waals surface area contributed by atoms with E-state index in [1.165, 1.54) is 6.26 Å². The number of rotatable bonds is 5. The molecule has 0 spiro atoms. The van der Waals surface area contributed by atoms with E-state index in [1.54, 1.807) is 18.5 Å². The van der Waals surface area contributed by atoms with Crippen molar-refractivity contribution >= 4 is 28.5 Å². The summed E-state index contributed by atoms with van der Waals surface area (Å²) in [6.07, 6.45) is 7.20. The zero-order valence-electron chi connectivity index (χ0n) is 13.7. The number of pyridine rings is 1. The summed E-state index contributed by atoms with van der Waals surface area (Å²) in [6.45, 7) is 0.484. The lowest BCUT2D eigenvalue weighted by Crippen LogP contribution is -2.26. The molecule has 0 aliphatic carbocycles. The van der Waals surface area contributed by atoms with Crippen molar-refractivity contribution in [2.24, 2.45) is 0 Å². The molecular formula is C19H15ClN4O2. The summed E-state index contributed by atoms with van der Waals surface area (Å²) >= 11 is 6.02. The number of hydrogen-bond donors (Lipinski definition) is 2. The van der Waals surface area contributed by atoms with Gasteiger partial charge in [-0.3, -0.25) is 4.79 Å². The first kappa shape index (κ1) is 16.4. The Labute approximate surface area is 154 Å². The van der Waals surface area contributed by atoms with Crippen LogP contribution in [0.4, 0.5) is 0 Å². The van der Waals surface area contributed by atoms with E-state index in [0.717, 1.165) is 16.6 Å². The Hall–Kier alpha value is -3.12. The van der Waals surface area contributed by atoms with E-state index in [9.17, 15) is 4.79 Å². The van der Waals surface area contributed by atoms with Gasteiger partial charge in [0.15, 0.2) is 0 Å². The molecule has 7 heteroatoms. The fourth-order valence-corrected chi connectivity index (χ4v) is 3.03. The summed E-state index contributed by atoms with van der Waals surface area (Å²) in [5.41, 5.74) is 3.03. The van der Waals surface area contributed by atoms with Gasteiger partial charge < -0.3 is 14.7 Å². The number of H-pyrrole nitrogens is 1. The van der Waals surface area contributed by atoms with Crippen molar-refractivity contribution in [2.75, 3.05) is 6.54 Å². The molecule has 0 atom stereocenters. The maximum absolute atomic E-state index is 12.6. The molecule has 0 aliphatic rings. The summed E-state index contributed by atoms with van der Waals surface area (Å²) < 4.78 is 5.32. The topological polar surface area (TPSA) is 83.8 Å². The number of aromatic amines is 1. The van der Waals surface area contributed by atoms with Crippen LogP contribution < -0.4 is 5.32 Å². The van der Waals surface area contributed by atoms with Crippen molar-refractivity contribution in [1.29, 1.82) is 0 Å². The van der Waals surface area contributed by atoms with Crippen LogP contribution in [0.25, 0.3) is 22.5 Å². The average Bonchev–Trinajstić information content (AvgIpc) is 3.32. The molecule has 0 saturated carbocycles. The molecule has 26 heavy (non-hydrogen) atoms. The van der Waals surface area contributed by atoms with E-state index in [4.69, 9.17) is 16.0 Å². The molecule has 4 rings (SSSR count). The lowest BCUT2D eigenvalue weighted by atomic mass is 10.1. The number of hydrogen-bond acceptors (Lipinski definition) is 4. The number of aromatic nitrogens is 3. The van der Waals surface area contributed by atoms with E-state index in [2.05, 4.69) is 20.3 Å². The standard InChI is InChI=1S/C19H15ClN4O2/c20-13-9-16-12(10-23-17(16)24-11-13)5-6-21-18(25)14-3-1-2-4-15(14)19-22-7-8-26-19/h1-4,7-11H,5-6H2,(H,21,25)(H,23,24). The minimum Gasteiger partial charge on any atom is -0.445 e. The SMILES string of the molecule is O=C(NCCc1c[nH]c2ncc(Cl)cc12)c1ccccc1-c1ncco1. The summed E-state index contributed by atoms with van der Waals surface area (Å²) in [5.74, 6) is 0.253. The third-order valence-electron chi connectivity index (χ3n) is 4.10. The monoisotopic (exact) mass is 366 g/mol. The largest absolute Gasteiger partial charge is 0.445 e. The zero-order chi connectivity index (χ0) is 17.9. The molecule has 0 unspecified atom stereocenters. The van der Waals surface area contributed by atoms with Gasteiger partial charge in [0.25, 0.3) is 5.91 Å². The van der Waals surface area contributed by atoms with Gasteiger partial charge in [-0.25, -0.2) is 9.97 Å². The minimum atomic E-state index is -0.171. The van der Waals surface area contributed by atoms with Crippen LogP contribution >= 0.6 is 11.6 Å². The number of nitrogens with zero attached hydrogens (tertiary/aromatic N) is 2. The Balaban J connectivity index is 1.47. The first-order chi connectivity index (χ1) is 12.7. The van der Waals surface area contributed by atoms with Gasteiger partial charge in [-0.05, 0) is 30.2 Å². The maximum atomic E-state index is 12.6. The quantitative estimate of drug-likeness (QED) is 0.562. The Bertz CT molecular complexity index is 1060. The number of fused-ring (bicyclic) bond motifs is 1. The first-order valence-electron chi connectivity index (χ1n) is 8.11. The Morgan fingerprint density at radius 1 is 1.27 bits per heavy atom. The minimum absolute atomic E-state index is 0.171. The maximum Gasteiger partial charge on any atom is 0.252 e. The van der Waals surface area contributed by atoms with Crippen LogP contribution in [-0.2, 0) is 6.42 Å². The van der Waals surface area contributed by atoms with Gasteiger partial charge in [0.2, 0.25) is 5.89 Å². The summed E-state index contributed by atoms with van der Waals surface area (Å²) in [7, 11) is 0. The Morgan fingerprint density at radius 2 is 2.15 bits per heavy atom. The number of nitrogens with one attached hydrogen (secondary N) is 2. The van der Waals surface area contributed by atoms with E-state index >= 15 is 0 Å². The molecule has 3 aromatic heterocycles.